The minimum atomic E-state index is 0.0791. The van der Waals surface area contributed by atoms with E-state index >= 15 is 0 Å². The van der Waals surface area contributed by atoms with Crippen LogP contribution in [0.4, 0.5) is 0 Å². The van der Waals surface area contributed by atoms with Gasteiger partial charge in [-0.05, 0) is 64.6 Å². The molecule has 0 amide bonds. The highest BCUT2D eigenvalue weighted by molar-refractivity contribution is 6.14. The zero-order chi connectivity index (χ0) is 25.4. The van der Waals surface area contributed by atoms with Crippen molar-refractivity contribution in [3.63, 3.8) is 0 Å². The van der Waals surface area contributed by atoms with Gasteiger partial charge in [0.2, 0.25) is 5.69 Å². The maximum absolute atomic E-state index is 10.1. The molecule has 0 bridgehead atoms. The van der Waals surface area contributed by atoms with Gasteiger partial charge in [0, 0.05) is 28.5 Å². The van der Waals surface area contributed by atoms with Crippen LogP contribution in [0.1, 0.15) is 56.4 Å². The van der Waals surface area contributed by atoms with Crippen molar-refractivity contribution >= 4 is 21.9 Å². The van der Waals surface area contributed by atoms with E-state index in [2.05, 4.69) is 101 Å². The van der Waals surface area contributed by atoms with Crippen molar-refractivity contribution in [3.8, 4) is 28.5 Å². The van der Waals surface area contributed by atoms with Crippen LogP contribution < -0.4 is 4.57 Å². The Hall–Kier alpha value is -3.90. The Morgan fingerprint density at radius 1 is 0.833 bits per heavy atom. The Kier molecular flexibility index (Phi) is 4.73. The summed E-state index contributed by atoms with van der Waals surface area (Å²) in [6.07, 6.45) is 3.17. The summed E-state index contributed by atoms with van der Waals surface area (Å²) in [4.78, 5) is 0. The molecule has 0 aliphatic heterocycles. The van der Waals surface area contributed by atoms with Crippen LogP contribution in [0.5, 0.6) is 0 Å². The van der Waals surface area contributed by atoms with Crippen LogP contribution >= 0.6 is 0 Å². The SMILES string of the molecule is Cc1ccc2c(oc3c(-c4ccc5c(c4)C(C)(C)CC5(C)C)c(C#N)ccc32)c1-c1cccc[n+]1C. The molecule has 0 saturated heterocycles. The molecule has 0 atom stereocenters. The Balaban J connectivity index is 1.68. The highest BCUT2D eigenvalue weighted by Crippen LogP contribution is 2.51. The molecule has 36 heavy (non-hydrogen) atoms. The second-order valence-corrected chi connectivity index (χ2v) is 11.6. The molecule has 0 N–H and O–H groups in total. The first kappa shape index (κ1) is 22.6. The quantitative estimate of drug-likeness (QED) is 0.246. The van der Waals surface area contributed by atoms with Gasteiger partial charge in [-0.2, -0.15) is 5.26 Å². The third-order valence-electron chi connectivity index (χ3n) is 8.10. The van der Waals surface area contributed by atoms with Crippen LogP contribution in [-0.2, 0) is 17.9 Å². The summed E-state index contributed by atoms with van der Waals surface area (Å²) in [5, 5.41) is 12.2. The number of rotatable bonds is 2. The highest BCUT2D eigenvalue weighted by atomic mass is 16.3. The summed E-state index contributed by atoms with van der Waals surface area (Å²) in [5.41, 5.74) is 10.6. The van der Waals surface area contributed by atoms with E-state index in [0.29, 0.717) is 5.56 Å². The predicted molar refractivity (Wildman–Crippen MR) is 146 cm³/mol. The van der Waals surface area contributed by atoms with Crippen molar-refractivity contribution in [1.82, 2.24) is 0 Å². The van der Waals surface area contributed by atoms with Crippen molar-refractivity contribution in [2.75, 3.05) is 0 Å². The van der Waals surface area contributed by atoms with Gasteiger partial charge in [-0.25, -0.2) is 4.57 Å². The molecule has 3 aromatic carbocycles. The lowest BCUT2D eigenvalue weighted by atomic mass is 9.82. The van der Waals surface area contributed by atoms with E-state index in [-0.39, 0.29) is 10.8 Å². The lowest BCUT2D eigenvalue weighted by molar-refractivity contribution is -0.660. The van der Waals surface area contributed by atoms with Crippen molar-refractivity contribution in [2.45, 2.75) is 51.9 Å². The maximum atomic E-state index is 10.1. The average molecular weight is 472 g/mol. The number of benzene rings is 3. The summed E-state index contributed by atoms with van der Waals surface area (Å²) in [6.45, 7) is 11.4. The Labute approximate surface area is 212 Å². The van der Waals surface area contributed by atoms with E-state index in [1.165, 1.54) is 11.1 Å². The Bertz CT molecular complexity index is 1740. The number of hydrogen-bond donors (Lipinski definition) is 0. The average Bonchev–Trinajstić information content (AvgIpc) is 3.29. The number of nitriles is 1. The fourth-order valence-electron chi connectivity index (χ4n) is 6.63. The van der Waals surface area contributed by atoms with Gasteiger partial charge in [-0.3, -0.25) is 0 Å². The first-order valence-electron chi connectivity index (χ1n) is 12.6. The van der Waals surface area contributed by atoms with E-state index in [1.54, 1.807) is 0 Å². The third kappa shape index (κ3) is 3.14. The molecule has 1 aliphatic carbocycles. The number of fused-ring (bicyclic) bond motifs is 4. The van der Waals surface area contributed by atoms with Crippen LogP contribution in [-0.4, -0.2) is 0 Å². The predicted octanol–water partition coefficient (Wildman–Crippen LogP) is 7.88. The summed E-state index contributed by atoms with van der Waals surface area (Å²) >= 11 is 0. The molecule has 0 saturated carbocycles. The number of nitrogens with zero attached hydrogens (tertiary/aromatic N) is 2. The monoisotopic (exact) mass is 471 g/mol. The fraction of sp³-hybridized carbons (Fsp3) is 0.273. The minimum Gasteiger partial charge on any atom is -0.454 e. The van der Waals surface area contributed by atoms with Crippen molar-refractivity contribution < 1.29 is 8.98 Å². The summed E-state index contributed by atoms with van der Waals surface area (Å²) in [6, 6.07) is 23.7. The van der Waals surface area contributed by atoms with E-state index < -0.39 is 0 Å². The number of aromatic nitrogens is 1. The van der Waals surface area contributed by atoms with Gasteiger partial charge in [0.05, 0.1) is 17.2 Å². The lowest BCUT2D eigenvalue weighted by Crippen LogP contribution is -2.30. The molecule has 3 nitrogen and oxygen atoms in total. The number of pyridine rings is 1. The van der Waals surface area contributed by atoms with E-state index in [4.69, 9.17) is 4.42 Å². The van der Waals surface area contributed by atoms with Crippen molar-refractivity contribution in [2.24, 2.45) is 7.05 Å². The normalized spacial score (nSPS) is 15.8. The summed E-state index contributed by atoms with van der Waals surface area (Å²) in [7, 11) is 2.06. The first-order valence-corrected chi connectivity index (χ1v) is 12.6. The van der Waals surface area contributed by atoms with Gasteiger partial charge in [0.15, 0.2) is 6.20 Å². The number of hydrogen-bond acceptors (Lipinski definition) is 2. The largest absolute Gasteiger partial charge is 0.454 e. The smallest absolute Gasteiger partial charge is 0.216 e. The molecule has 0 radical (unpaired) electrons. The van der Waals surface area contributed by atoms with Gasteiger partial charge in [0.25, 0.3) is 0 Å². The molecule has 0 spiro atoms. The molecule has 0 fully saturated rings. The van der Waals surface area contributed by atoms with E-state index in [9.17, 15) is 5.26 Å². The molecule has 2 heterocycles. The van der Waals surface area contributed by atoms with Gasteiger partial charge < -0.3 is 4.42 Å². The highest BCUT2D eigenvalue weighted by Gasteiger charge is 2.42. The van der Waals surface area contributed by atoms with Gasteiger partial charge in [-0.15, -0.1) is 0 Å². The topological polar surface area (TPSA) is 40.8 Å². The van der Waals surface area contributed by atoms with Crippen LogP contribution in [0.25, 0.3) is 44.3 Å². The molecule has 178 valence electrons. The Morgan fingerprint density at radius 2 is 1.53 bits per heavy atom. The Morgan fingerprint density at radius 3 is 2.25 bits per heavy atom. The second-order valence-electron chi connectivity index (χ2n) is 11.6. The van der Waals surface area contributed by atoms with Crippen LogP contribution in [0.3, 0.4) is 0 Å². The lowest BCUT2D eigenvalue weighted by Gasteiger charge is -2.22. The van der Waals surface area contributed by atoms with Gasteiger partial charge >= 0.3 is 0 Å². The number of aryl methyl sites for hydroxylation is 2. The fourth-order valence-corrected chi connectivity index (χ4v) is 6.63. The van der Waals surface area contributed by atoms with Crippen LogP contribution in [0.2, 0.25) is 0 Å². The molecule has 5 aromatic rings. The molecular weight excluding hydrogens is 440 g/mol. The van der Waals surface area contributed by atoms with Crippen LogP contribution in [0.15, 0.2) is 71.3 Å². The summed E-state index contributed by atoms with van der Waals surface area (Å²) < 4.78 is 8.88. The van der Waals surface area contributed by atoms with Gasteiger partial charge in [0.1, 0.15) is 18.2 Å². The third-order valence-corrected chi connectivity index (χ3v) is 8.10. The molecule has 3 heteroatoms. The minimum absolute atomic E-state index is 0.0791. The van der Waals surface area contributed by atoms with E-state index in [1.807, 2.05) is 18.2 Å². The zero-order valence-electron chi connectivity index (χ0n) is 21.9. The van der Waals surface area contributed by atoms with E-state index in [0.717, 1.165) is 56.3 Å². The van der Waals surface area contributed by atoms with Crippen molar-refractivity contribution in [3.05, 3.63) is 89.1 Å². The molecule has 6 rings (SSSR count). The first-order chi connectivity index (χ1) is 17.1. The summed E-state index contributed by atoms with van der Waals surface area (Å²) in [5.74, 6) is 0. The van der Waals surface area contributed by atoms with Crippen LogP contribution in [0, 0.1) is 18.3 Å². The molecular formula is C33H31N2O+. The van der Waals surface area contributed by atoms with Crippen molar-refractivity contribution in [1.29, 1.82) is 5.26 Å². The maximum Gasteiger partial charge on any atom is 0.216 e. The second kappa shape index (κ2) is 7.55. The van der Waals surface area contributed by atoms with Gasteiger partial charge in [-0.1, -0.05) is 58.0 Å². The zero-order valence-corrected chi connectivity index (χ0v) is 21.9. The molecule has 2 aromatic heterocycles. The molecule has 0 unspecified atom stereocenters. The standard InChI is InChI=1S/C33H31N2O/c1-20-10-13-23-24-14-11-22(18-34)29(21-12-15-25-26(17-21)33(4,5)19-32(25,2)3)31(24)36-30(23)28(20)27-9-7-8-16-35(27)6/h7-17H,19H2,1-6H3/q+1. The number of furan rings is 1. The molecule has 1 aliphatic rings.